The van der Waals surface area contributed by atoms with E-state index in [1.165, 1.54) is 13.2 Å². The van der Waals surface area contributed by atoms with Crippen LogP contribution in [0.5, 0.6) is 5.75 Å². The van der Waals surface area contributed by atoms with E-state index in [0.29, 0.717) is 6.42 Å². The first-order valence-corrected chi connectivity index (χ1v) is 7.39. The summed E-state index contributed by atoms with van der Waals surface area (Å²) in [5, 5.41) is 0. The average molecular weight is 353 g/mol. The van der Waals surface area contributed by atoms with Crippen LogP contribution in [0.2, 0.25) is 0 Å². The van der Waals surface area contributed by atoms with Gasteiger partial charge in [-0.15, -0.1) is 0 Å². The van der Waals surface area contributed by atoms with E-state index in [4.69, 9.17) is 10.6 Å². The Bertz CT molecular complexity index is 634. The number of hydrogen-bond acceptors (Lipinski definition) is 3. The standard InChI is InChI=1S/C16H18BrFN2O/c1-10-3-5-12(13(17)7-10)15(20-19)9-11-4-6-16(21-2)14(18)8-11/h3-8,15,20H,9,19H2,1-2H3. The first-order chi connectivity index (χ1) is 10.0. The number of nitrogens with one attached hydrogen (secondary N) is 1. The summed E-state index contributed by atoms with van der Waals surface area (Å²) in [7, 11) is 1.45. The lowest BCUT2D eigenvalue weighted by molar-refractivity contribution is 0.386. The summed E-state index contributed by atoms with van der Waals surface area (Å²) in [6, 6.07) is 10.9. The Kier molecular flexibility index (Phi) is 5.33. The van der Waals surface area contributed by atoms with Crippen LogP contribution in [-0.4, -0.2) is 7.11 Å². The van der Waals surface area contributed by atoms with Gasteiger partial charge < -0.3 is 4.74 Å². The Morgan fingerprint density at radius 1 is 1.29 bits per heavy atom. The zero-order chi connectivity index (χ0) is 15.4. The fourth-order valence-corrected chi connectivity index (χ4v) is 3.02. The van der Waals surface area contributed by atoms with Crippen molar-refractivity contribution in [2.24, 2.45) is 5.84 Å². The van der Waals surface area contributed by atoms with Gasteiger partial charge in [-0.25, -0.2) is 4.39 Å². The highest BCUT2D eigenvalue weighted by Crippen LogP contribution is 2.28. The molecule has 0 saturated carbocycles. The zero-order valence-electron chi connectivity index (χ0n) is 12.0. The van der Waals surface area contributed by atoms with Crippen LogP contribution in [0.4, 0.5) is 4.39 Å². The first kappa shape index (κ1) is 15.9. The molecule has 0 amide bonds. The summed E-state index contributed by atoms with van der Waals surface area (Å²) in [5.41, 5.74) is 5.85. The lowest BCUT2D eigenvalue weighted by Crippen LogP contribution is -2.29. The van der Waals surface area contributed by atoms with Crippen molar-refractivity contribution in [1.82, 2.24) is 5.43 Å². The van der Waals surface area contributed by atoms with E-state index in [9.17, 15) is 4.39 Å². The molecule has 2 aromatic rings. The molecule has 0 aliphatic rings. The van der Waals surface area contributed by atoms with Crippen molar-refractivity contribution in [3.8, 4) is 5.75 Å². The number of hydrogen-bond donors (Lipinski definition) is 2. The second-order valence-corrected chi connectivity index (χ2v) is 5.77. The SMILES string of the molecule is COc1ccc(CC(NN)c2ccc(C)cc2Br)cc1F. The average Bonchev–Trinajstić information content (AvgIpc) is 2.45. The molecule has 0 aromatic heterocycles. The largest absolute Gasteiger partial charge is 0.494 e. The highest BCUT2D eigenvalue weighted by Gasteiger charge is 2.15. The van der Waals surface area contributed by atoms with Crippen LogP contribution in [0.3, 0.4) is 0 Å². The predicted molar refractivity (Wildman–Crippen MR) is 85.6 cm³/mol. The van der Waals surface area contributed by atoms with E-state index in [0.717, 1.165) is 21.2 Å². The van der Waals surface area contributed by atoms with E-state index in [1.807, 2.05) is 31.2 Å². The number of halogens is 2. The molecule has 0 saturated heterocycles. The smallest absolute Gasteiger partial charge is 0.165 e. The quantitative estimate of drug-likeness (QED) is 0.637. The summed E-state index contributed by atoms with van der Waals surface area (Å²) in [5.74, 6) is 5.54. The third kappa shape index (κ3) is 3.81. The molecular weight excluding hydrogens is 335 g/mol. The van der Waals surface area contributed by atoms with E-state index in [-0.39, 0.29) is 17.6 Å². The minimum Gasteiger partial charge on any atom is -0.494 e. The summed E-state index contributed by atoms with van der Waals surface area (Å²) in [4.78, 5) is 0. The highest BCUT2D eigenvalue weighted by atomic mass is 79.9. The van der Waals surface area contributed by atoms with Crippen molar-refractivity contribution in [2.45, 2.75) is 19.4 Å². The molecule has 5 heteroatoms. The van der Waals surface area contributed by atoms with Crippen molar-refractivity contribution in [2.75, 3.05) is 7.11 Å². The molecule has 21 heavy (non-hydrogen) atoms. The van der Waals surface area contributed by atoms with Crippen LogP contribution in [0, 0.1) is 12.7 Å². The molecule has 3 nitrogen and oxygen atoms in total. The molecule has 0 radical (unpaired) electrons. The molecule has 0 fully saturated rings. The fraction of sp³-hybridized carbons (Fsp3) is 0.250. The van der Waals surface area contributed by atoms with Gasteiger partial charge in [-0.05, 0) is 48.2 Å². The third-order valence-electron chi connectivity index (χ3n) is 3.39. The van der Waals surface area contributed by atoms with Crippen molar-refractivity contribution in [3.05, 3.63) is 63.4 Å². The summed E-state index contributed by atoms with van der Waals surface area (Å²) in [6.45, 7) is 2.03. The molecule has 3 N–H and O–H groups in total. The van der Waals surface area contributed by atoms with Gasteiger partial charge in [-0.2, -0.15) is 0 Å². The predicted octanol–water partition coefficient (Wildman–Crippen LogP) is 3.65. The number of benzene rings is 2. The van der Waals surface area contributed by atoms with E-state index in [1.54, 1.807) is 6.07 Å². The van der Waals surface area contributed by atoms with Gasteiger partial charge in [0, 0.05) is 4.47 Å². The number of hydrazine groups is 1. The Labute approximate surface area is 132 Å². The van der Waals surface area contributed by atoms with Gasteiger partial charge in [0.25, 0.3) is 0 Å². The van der Waals surface area contributed by atoms with Gasteiger partial charge in [0.2, 0.25) is 0 Å². The van der Waals surface area contributed by atoms with Gasteiger partial charge >= 0.3 is 0 Å². The minimum atomic E-state index is -0.367. The third-order valence-corrected chi connectivity index (χ3v) is 4.08. The summed E-state index contributed by atoms with van der Waals surface area (Å²) >= 11 is 3.55. The maximum Gasteiger partial charge on any atom is 0.165 e. The number of nitrogens with two attached hydrogens (primary N) is 1. The summed E-state index contributed by atoms with van der Waals surface area (Å²) in [6.07, 6.45) is 0.582. The lowest BCUT2D eigenvalue weighted by Gasteiger charge is -2.18. The number of ether oxygens (including phenoxy) is 1. The first-order valence-electron chi connectivity index (χ1n) is 6.59. The maximum absolute atomic E-state index is 13.8. The zero-order valence-corrected chi connectivity index (χ0v) is 13.6. The van der Waals surface area contributed by atoms with Crippen LogP contribution >= 0.6 is 15.9 Å². The van der Waals surface area contributed by atoms with Crippen LogP contribution in [0.25, 0.3) is 0 Å². The number of methoxy groups -OCH3 is 1. The van der Waals surface area contributed by atoms with Crippen LogP contribution < -0.4 is 16.0 Å². The van der Waals surface area contributed by atoms with Gasteiger partial charge in [-0.3, -0.25) is 11.3 Å². The normalized spacial score (nSPS) is 12.2. The van der Waals surface area contributed by atoms with Crippen LogP contribution in [-0.2, 0) is 6.42 Å². The molecule has 1 atom stereocenters. The molecule has 0 aliphatic carbocycles. The Hall–Kier alpha value is -1.43. The Morgan fingerprint density at radius 3 is 2.62 bits per heavy atom. The molecule has 2 aromatic carbocycles. The van der Waals surface area contributed by atoms with Crippen molar-refractivity contribution in [3.63, 3.8) is 0 Å². The van der Waals surface area contributed by atoms with Crippen LogP contribution in [0.15, 0.2) is 40.9 Å². The molecule has 112 valence electrons. The van der Waals surface area contributed by atoms with Crippen LogP contribution in [0.1, 0.15) is 22.7 Å². The summed E-state index contributed by atoms with van der Waals surface area (Å²) < 4.78 is 19.7. The second-order valence-electron chi connectivity index (χ2n) is 4.92. The molecule has 0 aliphatic heterocycles. The molecular formula is C16H18BrFN2O. The monoisotopic (exact) mass is 352 g/mol. The molecule has 0 heterocycles. The van der Waals surface area contributed by atoms with Gasteiger partial charge in [0.15, 0.2) is 11.6 Å². The van der Waals surface area contributed by atoms with E-state index < -0.39 is 0 Å². The second kappa shape index (κ2) is 7.02. The van der Waals surface area contributed by atoms with Crippen molar-refractivity contribution >= 4 is 15.9 Å². The molecule has 0 spiro atoms. The van der Waals surface area contributed by atoms with Gasteiger partial charge in [0.05, 0.1) is 13.2 Å². The number of rotatable bonds is 5. The Morgan fingerprint density at radius 2 is 2.05 bits per heavy atom. The Balaban J connectivity index is 2.24. The van der Waals surface area contributed by atoms with Crippen molar-refractivity contribution < 1.29 is 9.13 Å². The van der Waals surface area contributed by atoms with Gasteiger partial charge in [0.1, 0.15) is 0 Å². The molecule has 1 unspecified atom stereocenters. The minimum absolute atomic E-state index is 0.104. The van der Waals surface area contributed by atoms with Gasteiger partial charge in [-0.1, -0.05) is 34.1 Å². The van der Waals surface area contributed by atoms with E-state index >= 15 is 0 Å². The molecule has 0 bridgehead atoms. The number of aryl methyl sites for hydroxylation is 1. The highest BCUT2D eigenvalue weighted by molar-refractivity contribution is 9.10. The van der Waals surface area contributed by atoms with Crippen molar-refractivity contribution in [1.29, 1.82) is 0 Å². The maximum atomic E-state index is 13.8. The van der Waals surface area contributed by atoms with E-state index in [2.05, 4.69) is 21.4 Å². The molecule has 2 rings (SSSR count). The fourth-order valence-electron chi connectivity index (χ4n) is 2.25. The lowest BCUT2D eigenvalue weighted by atomic mass is 9.98. The topological polar surface area (TPSA) is 47.3 Å².